The fourth-order valence-electron chi connectivity index (χ4n) is 2.40. The lowest BCUT2D eigenvalue weighted by Gasteiger charge is -2.07. The van der Waals surface area contributed by atoms with Crippen LogP contribution in [0, 0.1) is 0 Å². The molecule has 7 nitrogen and oxygen atoms in total. The minimum atomic E-state index is 0.386. The van der Waals surface area contributed by atoms with E-state index in [0.29, 0.717) is 33.9 Å². The number of ether oxygens (including phenoxy) is 2. The molecule has 3 heterocycles. The van der Waals surface area contributed by atoms with Gasteiger partial charge in [-0.2, -0.15) is 0 Å². The van der Waals surface area contributed by atoms with Gasteiger partial charge in [0.1, 0.15) is 11.5 Å². The Labute approximate surface area is 163 Å². The predicted molar refractivity (Wildman–Crippen MR) is 102 cm³/mol. The van der Waals surface area contributed by atoms with Gasteiger partial charge in [-0.15, -0.1) is 21.5 Å². The highest BCUT2D eigenvalue weighted by Crippen LogP contribution is 2.34. The number of benzene rings is 1. The van der Waals surface area contributed by atoms with Crippen molar-refractivity contribution in [3.8, 4) is 33.6 Å². The van der Waals surface area contributed by atoms with Gasteiger partial charge in [-0.1, -0.05) is 23.0 Å². The van der Waals surface area contributed by atoms with Crippen LogP contribution in [0.4, 0.5) is 0 Å². The molecule has 0 amide bonds. The Hall–Kier alpha value is -2.78. The molecule has 0 unspecified atom stereocenters. The van der Waals surface area contributed by atoms with E-state index >= 15 is 0 Å². The summed E-state index contributed by atoms with van der Waals surface area (Å²) in [7, 11) is 3.18. The molecule has 0 aliphatic carbocycles. The van der Waals surface area contributed by atoms with Crippen molar-refractivity contribution in [3.63, 3.8) is 0 Å². The van der Waals surface area contributed by atoms with E-state index in [1.807, 2.05) is 35.7 Å². The number of hydrogen-bond donors (Lipinski definition) is 0. The Morgan fingerprint density at radius 2 is 2.04 bits per heavy atom. The van der Waals surface area contributed by atoms with E-state index in [2.05, 4.69) is 15.4 Å². The second-order valence-electron chi connectivity index (χ2n) is 5.39. The molecule has 0 aliphatic heterocycles. The molecule has 0 fully saturated rings. The van der Waals surface area contributed by atoms with E-state index in [1.165, 1.54) is 11.8 Å². The molecule has 0 N–H and O–H groups in total. The number of thiophene rings is 1. The maximum atomic E-state index is 5.75. The second kappa shape index (κ2) is 7.85. The van der Waals surface area contributed by atoms with Crippen LogP contribution in [0.5, 0.6) is 11.5 Å². The topological polar surface area (TPSA) is 83.4 Å². The molecule has 3 aromatic heterocycles. The number of nitrogens with zero attached hydrogens (tertiary/aromatic N) is 3. The van der Waals surface area contributed by atoms with E-state index in [0.717, 1.165) is 16.3 Å². The lowest BCUT2D eigenvalue weighted by atomic mass is 10.2. The Kier molecular flexibility index (Phi) is 5.12. The highest BCUT2D eigenvalue weighted by molar-refractivity contribution is 7.98. The third kappa shape index (κ3) is 3.83. The van der Waals surface area contributed by atoms with Gasteiger partial charge in [-0.3, -0.25) is 0 Å². The average Bonchev–Trinajstić information content (AvgIpc) is 3.47. The first-order valence-electron chi connectivity index (χ1n) is 7.95. The van der Waals surface area contributed by atoms with Crippen LogP contribution >= 0.6 is 23.1 Å². The monoisotopic (exact) mass is 401 g/mol. The Morgan fingerprint density at radius 3 is 2.81 bits per heavy atom. The molecule has 9 heteroatoms. The van der Waals surface area contributed by atoms with Crippen LogP contribution < -0.4 is 9.47 Å². The molecule has 0 saturated heterocycles. The number of rotatable bonds is 7. The van der Waals surface area contributed by atoms with E-state index < -0.39 is 0 Å². The smallest absolute Gasteiger partial charge is 0.277 e. The van der Waals surface area contributed by atoms with Crippen LogP contribution in [0.2, 0.25) is 0 Å². The fraction of sp³-hybridized carbons (Fsp3) is 0.167. The lowest BCUT2D eigenvalue weighted by molar-refractivity contribution is 0.393. The first-order chi connectivity index (χ1) is 13.3. The van der Waals surface area contributed by atoms with Gasteiger partial charge in [0.05, 0.1) is 30.4 Å². The molecular weight excluding hydrogens is 386 g/mol. The van der Waals surface area contributed by atoms with Gasteiger partial charge >= 0.3 is 0 Å². The summed E-state index contributed by atoms with van der Waals surface area (Å²) in [4.78, 5) is 1.05. The summed E-state index contributed by atoms with van der Waals surface area (Å²) < 4.78 is 21.7. The summed E-state index contributed by atoms with van der Waals surface area (Å²) in [5, 5.41) is 14.7. The standard InChI is InChI=1S/C18H15N3O4S2/c1-22-12-5-6-13(14(9-12)23-2)17-19-20-18(24-17)27-10-11-8-15(25-21-11)16-4-3-7-26-16/h3-9H,10H2,1-2H3. The zero-order valence-electron chi connectivity index (χ0n) is 14.5. The van der Waals surface area contributed by atoms with Crippen molar-refractivity contribution in [1.82, 2.24) is 15.4 Å². The summed E-state index contributed by atoms with van der Waals surface area (Å²) in [6.45, 7) is 0. The van der Waals surface area contributed by atoms with E-state index in [9.17, 15) is 0 Å². The summed E-state index contributed by atoms with van der Waals surface area (Å²) >= 11 is 3.00. The van der Waals surface area contributed by atoms with E-state index in [4.69, 9.17) is 18.4 Å². The Balaban J connectivity index is 1.46. The van der Waals surface area contributed by atoms with Crippen LogP contribution in [0.15, 0.2) is 55.9 Å². The van der Waals surface area contributed by atoms with Gasteiger partial charge in [0, 0.05) is 17.9 Å². The van der Waals surface area contributed by atoms with E-state index in [-0.39, 0.29) is 0 Å². The van der Waals surface area contributed by atoms with Gasteiger partial charge in [0.25, 0.3) is 11.1 Å². The quantitative estimate of drug-likeness (QED) is 0.410. The zero-order valence-corrected chi connectivity index (χ0v) is 16.2. The maximum Gasteiger partial charge on any atom is 0.277 e. The van der Waals surface area contributed by atoms with Gasteiger partial charge in [-0.25, -0.2) is 0 Å². The minimum absolute atomic E-state index is 0.386. The van der Waals surface area contributed by atoms with Crippen molar-refractivity contribution in [2.24, 2.45) is 0 Å². The number of hydrogen-bond acceptors (Lipinski definition) is 9. The Morgan fingerprint density at radius 1 is 1.11 bits per heavy atom. The minimum Gasteiger partial charge on any atom is -0.497 e. The molecular formula is C18H15N3O4S2. The van der Waals surface area contributed by atoms with Crippen LogP contribution in [0.25, 0.3) is 22.1 Å². The molecule has 0 radical (unpaired) electrons. The molecule has 0 bridgehead atoms. The van der Waals surface area contributed by atoms with Gasteiger partial charge in [-0.05, 0) is 23.6 Å². The fourth-order valence-corrected chi connectivity index (χ4v) is 3.72. The molecule has 0 spiro atoms. The van der Waals surface area contributed by atoms with Gasteiger partial charge < -0.3 is 18.4 Å². The molecule has 4 aromatic rings. The third-order valence-corrected chi connectivity index (χ3v) is 5.45. The van der Waals surface area contributed by atoms with E-state index in [1.54, 1.807) is 31.6 Å². The summed E-state index contributed by atoms with van der Waals surface area (Å²) in [5.41, 5.74) is 1.52. The largest absolute Gasteiger partial charge is 0.497 e. The lowest BCUT2D eigenvalue weighted by Crippen LogP contribution is -1.90. The first-order valence-corrected chi connectivity index (χ1v) is 9.81. The van der Waals surface area contributed by atoms with Crippen molar-refractivity contribution in [1.29, 1.82) is 0 Å². The van der Waals surface area contributed by atoms with Crippen LogP contribution in [0.3, 0.4) is 0 Å². The first kappa shape index (κ1) is 17.6. The number of thioether (sulfide) groups is 1. The maximum absolute atomic E-state index is 5.75. The van der Waals surface area contributed by atoms with Crippen molar-refractivity contribution >= 4 is 23.1 Å². The molecule has 27 heavy (non-hydrogen) atoms. The molecule has 138 valence electrons. The predicted octanol–water partition coefficient (Wildman–Crippen LogP) is 4.76. The average molecular weight is 401 g/mol. The number of aromatic nitrogens is 3. The molecule has 4 rings (SSSR count). The highest BCUT2D eigenvalue weighted by atomic mass is 32.2. The molecule has 0 atom stereocenters. The van der Waals surface area contributed by atoms with Crippen LogP contribution in [-0.2, 0) is 5.75 Å². The van der Waals surface area contributed by atoms with Gasteiger partial charge in [0.15, 0.2) is 5.76 Å². The highest BCUT2D eigenvalue weighted by Gasteiger charge is 2.16. The summed E-state index contributed by atoms with van der Waals surface area (Å²) in [6.07, 6.45) is 0. The second-order valence-corrected chi connectivity index (χ2v) is 7.26. The third-order valence-electron chi connectivity index (χ3n) is 3.71. The molecule has 0 saturated carbocycles. The zero-order chi connectivity index (χ0) is 18.6. The van der Waals surface area contributed by atoms with Crippen molar-refractivity contribution in [3.05, 3.63) is 47.5 Å². The van der Waals surface area contributed by atoms with Crippen molar-refractivity contribution in [2.75, 3.05) is 14.2 Å². The van der Waals surface area contributed by atoms with Crippen LogP contribution in [-0.4, -0.2) is 29.6 Å². The van der Waals surface area contributed by atoms with Crippen molar-refractivity contribution in [2.45, 2.75) is 11.0 Å². The summed E-state index contributed by atoms with van der Waals surface area (Å²) in [5.74, 6) is 3.01. The normalized spacial score (nSPS) is 10.9. The SMILES string of the molecule is COc1ccc(-c2nnc(SCc3cc(-c4cccs4)on3)o2)c(OC)c1. The summed E-state index contributed by atoms with van der Waals surface area (Å²) in [6, 6.07) is 11.3. The Bertz CT molecular complexity index is 1030. The number of methoxy groups -OCH3 is 2. The van der Waals surface area contributed by atoms with Gasteiger partial charge in [0.2, 0.25) is 0 Å². The van der Waals surface area contributed by atoms with Crippen LogP contribution in [0.1, 0.15) is 5.69 Å². The van der Waals surface area contributed by atoms with Crippen molar-refractivity contribution < 1.29 is 18.4 Å². The molecule has 1 aromatic carbocycles. The molecule has 0 aliphatic rings.